The van der Waals surface area contributed by atoms with Crippen molar-refractivity contribution >= 4 is 53.2 Å². The summed E-state index contributed by atoms with van der Waals surface area (Å²) in [5, 5.41) is 2.63. The maximum Gasteiger partial charge on any atom is 0.240 e. The van der Waals surface area contributed by atoms with Gasteiger partial charge in [0.1, 0.15) is 0 Å². The van der Waals surface area contributed by atoms with Crippen LogP contribution in [0.15, 0.2) is 45.1 Å². The Balaban J connectivity index is 2.11. The highest BCUT2D eigenvalue weighted by atomic mass is 79.9. The van der Waals surface area contributed by atoms with Crippen molar-refractivity contribution in [1.82, 2.24) is 4.72 Å². The second-order valence-electron chi connectivity index (χ2n) is 3.79. The molecule has 1 N–H and O–H groups in total. The van der Waals surface area contributed by atoms with Crippen molar-refractivity contribution < 1.29 is 8.42 Å². The average Bonchev–Trinajstić information content (AvgIpc) is 2.82. The van der Waals surface area contributed by atoms with Crippen molar-refractivity contribution in [3.8, 4) is 0 Å². The third-order valence-electron chi connectivity index (χ3n) is 2.50. The predicted molar refractivity (Wildman–Crippen MR) is 85.1 cm³/mol. The zero-order chi connectivity index (χ0) is 13.9. The Morgan fingerprint density at radius 2 is 1.84 bits per heavy atom. The lowest BCUT2D eigenvalue weighted by Crippen LogP contribution is -2.22. The van der Waals surface area contributed by atoms with E-state index in [4.69, 9.17) is 0 Å². The summed E-state index contributed by atoms with van der Waals surface area (Å²) in [6.45, 7) is 0.292. The molecule has 3 nitrogen and oxygen atoms in total. The molecule has 0 aliphatic carbocycles. The van der Waals surface area contributed by atoms with Gasteiger partial charge in [-0.05, 0) is 45.1 Å². The van der Waals surface area contributed by atoms with Crippen molar-refractivity contribution in [1.29, 1.82) is 0 Å². The van der Waals surface area contributed by atoms with Crippen molar-refractivity contribution in [2.45, 2.75) is 16.8 Å². The van der Waals surface area contributed by atoms with Crippen LogP contribution in [0.1, 0.15) is 10.4 Å². The highest BCUT2D eigenvalue weighted by Crippen LogP contribution is 2.23. The second-order valence-corrected chi connectivity index (χ2v) is 7.98. The van der Waals surface area contributed by atoms with E-state index >= 15 is 0 Å². The van der Waals surface area contributed by atoms with Gasteiger partial charge in [0.05, 0.1) is 4.90 Å². The van der Waals surface area contributed by atoms with E-state index < -0.39 is 10.0 Å². The molecule has 0 radical (unpaired) electrons. The molecule has 0 unspecified atom stereocenters. The van der Waals surface area contributed by atoms with E-state index in [-0.39, 0.29) is 4.90 Å². The molecular weight excluding hydrogens is 414 g/mol. The number of benzene rings is 1. The van der Waals surface area contributed by atoms with E-state index in [2.05, 4.69) is 36.6 Å². The molecule has 0 saturated carbocycles. The first-order valence-electron chi connectivity index (χ1n) is 5.39. The van der Waals surface area contributed by atoms with Gasteiger partial charge in [-0.25, -0.2) is 13.1 Å². The van der Waals surface area contributed by atoms with Gasteiger partial charge in [0.15, 0.2) is 0 Å². The summed E-state index contributed by atoms with van der Waals surface area (Å²) < 4.78 is 27.7. The quantitative estimate of drug-likeness (QED) is 0.740. The van der Waals surface area contributed by atoms with Crippen molar-refractivity contribution in [3.63, 3.8) is 0 Å². The Bertz CT molecular complexity index is 651. The zero-order valence-corrected chi connectivity index (χ0v) is 14.6. The van der Waals surface area contributed by atoms with E-state index in [1.807, 2.05) is 11.4 Å². The Kier molecular flexibility index (Phi) is 5.19. The van der Waals surface area contributed by atoms with Gasteiger partial charge in [0.25, 0.3) is 0 Å². The first kappa shape index (κ1) is 15.2. The lowest BCUT2D eigenvalue weighted by Gasteiger charge is -2.06. The van der Waals surface area contributed by atoms with Gasteiger partial charge in [0, 0.05) is 21.2 Å². The van der Waals surface area contributed by atoms with Crippen molar-refractivity contribution in [3.05, 3.63) is 50.6 Å². The summed E-state index contributed by atoms with van der Waals surface area (Å²) in [7, 11) is -3.46. The van der Waals surface area contributed by atoms with Crippen LogP contribution in [-0.4, -0.2) is 8.42 Å². The molecule has 0 atom stereocenters. The normalized spacial score (nSPS) is 11.7. The molecule has 2 rings (SSSR count). The van der Waals surface area contributed by atoms with E-state index in [1.54, 1.807) is 24.3 Å². The number of hydrogen-bond acceptors (Lipinski definition) is 3. The van der Waals surface area contributed by atoms with E-state index in [1.165, 1.54) is 11.3 Å². The lowest BCUT2D eigenvalue weighted by atomic mass is 10.2. The average molecular weight is 425 g/mol. The number of sulfonamides is 1. The maximum atomic E-state index is 12.1. The number of hydrogen-bond donors (Lipinski definition) is 1. The van der Waals surface area contributed by atoms with E-state index in [0.717, 1.165) is 14.9 Å². The van der Waals surface area contributed by atoms with E-state index in [9.17, 15) is 8.42 Å². The fourth-order valence-corrected chi connectivity index (χ4v) is 4.35. The van der Waals surface area contributed by atoms with Gasteiger partial charge < -0.3 is 0 Å². The fraction of sp³-hybridized carbons (Fsp3) is 0.167. The fourth-order valence-electron chi connectivity index (χ4n) is 1.45. The lowest BCUT2D eigenvalue weighted by molar-refractivity contribution is 0.581. The minimum Gasteiger partial charge on any atom is -0.207 e. The van der Waals surface area contributed by atoms with Gasteiger partial charge in [-0.1, -0.05) is 28.1 Å². The minimum absolute atomic E-state index is 0.282. The zero-order valence-electron chi connectivity index (χ0n) is 9.77. The number of halogens is 2. The predicted octanol–water partition coefficient (Wildman–Crippen LogP) is 3.88. The molecule has 1 aromatic heterocycles. The van der Waals surface area contributed by atoms with Gasteiger partial charge in [-0.3, -0.25) is 0 Å². The van der Waals surface area contributed by atoms with Crippen LogP contribution in [0.25, 0.3) is 0 Å². The number of thiophene rings is 1. The van der Waals surface area contributed by atoms with Gasteiger partial charge in [0.2, 0.25) is 10.0 Å². The Morgan fingerprint density at radius 1 is 1.16 bits per heavy atom. The monoisotopic (exact) mass is 423 g/mol. The van der Waals surface area contributed by atoms with Crippen LogP contribution in [0.5, 0.6) is 0 Å². The molecule has 1 heterocycles. The highest BCUT2D eigenvalue weighted by molar-refractivity contribution is 9.10. The highest BCUT2D eigenvalue weighted by Gasteiger charge is 2.14. The van der Waals surface area contributed by atoms with Crippen LogP contribution >= 0.6 is 43.2 Å². The first-order valence-corrected chi connectivity index (χ1v) is 9.67. The maximum absolute atomic E-state index is 12.1. The van der Waals surface area contributed by atoms with Crippen LogP contribution in [0.2, 0.25) is 0 Å². The standard InChI is InChI=1S/C12H11Br2NO2S2/c13-7-9-1-3-10(4-2-9)19(16,17)15-8-12-11(14)5-6-18-12/h1-6,15H,7-8H2. The molecule has 0 aliphatic rings. The summed E-state index contributed by atoms with van der Waals surface area (Å²) in [5.41, 5.74) is 1.04. The number of alkyl halides is 1. The van der Waals surface area contributed by atoms with Crippen molar-refractivity contribution in [2.75, 3.05) is 0 Å². The number of rotatable bonds is 5. The largest absolute Gasteiger partial charge is 0.240 e. The first-order chi connectivity index (χ1) is 9.03. The van der Waals surface area contributed by atoms with Crippen molar-refractivity contribution in [2.24, 2.45) is 0 Å². The van der Waals surface area contributed by atoms with Crippen LogP contribution < -0.4 is 4.72 Å². The molecule has 19 heavy (non-hydrogen) atoms. The molecular formula is C12H11Br2NO2S2. The summed E-state index contributed by atoms with van der Waals surface area (Å²) >= 11 is 8.22. The number of nitrogens with one attached hydrogen (secondary N) is 1. The Hall–Kier alpha value is -0.210. The molecule has 0 aliphatic heterocycles. The Morgan fingerprint density at radius 3 is 2.37 bits per heavy atom. The molecule has 1 aromatic carbocycles. The SMILES string of the molecule is O=S(=O)(NCc1sccc1Br)c1ccc(CBr)cc1. The summed E-state index contributed by atoms with van der Waals surface area (Å²) in [6.07, 6.45) is 0. The third kappa shape index (κ3) is 3.88. The Labute approximate surface area is 133 Å². The van der Waals surface area contributed by atoms with Crippen LogP contribution in [0.3, 0.4) is 0 Å². The van der Waals surface area contributed by atoms with Gasteiger partial charge >= 0.3 is 0 Å². The van der Waals surface area contributed by atoms with Crippen LogP contribution in [0, 0.1) is 0 Å². The molecule has 102 valence electrons. The van der Waals surface area contributed by atoms with Crippen LogP contribution in [0.4, 0.5) is 0 Å². The summed E-state index contributed by atoms with van der Waals surface area (Å²) in [5.74, 6) is 0. The summed E-state index contributed by atoms with van der Waals surface area (Å²) in [6, 6.07) is 8.72. The molecule has 0 spiro atoms. The smallest absolute Gasteiger partial charge is 0.207 e. The second kappa shape index (κ2) is 6.49. The molecule has 7 heteroatoms. The third-order valence-corrected chi connectivity index (χ3v) is 6.49. The minimum atomic E-state index is -3.46. The summed E-state index contributed by atoms with van der Waals surface area (Å²) in [4.78, 5) is 1.24. The molecule has 0 saturated heterocycles. The van der Waals surface area contributed by atoms with Gasteiger partial charge in [-0.2, -0.15) is 0 Å². The molecule has 0 bridgehead atoms. The molecule has 0 fully saturated rings. The topological polar surface area (TPSA) is 46.2 Å². The van der Waals surface area contributed by atoms with Crippen LogP contribution in [-0.2, 0) is 21.9 Å². The van der Waals surface area contributed by atoms with E-state index in [0.29, 0.717) is 11.9 Å². The molecule has 2 aromatic rings. The van der Waals surface area contributed by atoms with Gasteiger partial charge in [-0.15, -0.1) is 11.3 Å². The molecule has 0 amide bonds.